The fourth-order valence-electron chi connectivity index (χ4n) is 1.57. The number of hydrogen-bond acceptors (Lipinski definition) is 5. The number of aromatic nitrogens is 2. The second kappa shape index (κ2) is 3.96. The molecule has 1 atom stereocenters. The smallest absolute Gasteiger partial charge is 0.204 e. The molecule has 78 valence electrons. The molecule has 1 unspecified atom stereocenters. The maximum absolute atomic E-state index is 5.44. The van der Waals surface area contributed by atoms with Crippen molar-refractivity contribution in [3.63, 3.8) is 0 Å². The van der Waals surface area contributed by atoms with E-state index >= 15 is 0 Å². The summed E-state index contributed by atoms with van der Waals surface area (Å²) in [5.74, 6) is 0. The maximum atomic E-state index is 5.44. The van der Waals surface area contributed by atoms with Gasteiger partial charge in [-0.1, -0.05) is 11.3 Å². The summed E-state index contributed by atoms with van der Waals surface area (Å²) in [5.41, 5.74) is 0.00567. The normalized spacial score (nSPS) is 27.5. The number of ether oxygens (including phenoxy) is 1. The van der Waals surface area contributed by atoms with Crippen molar-refractivity contribution in [2.45, 2.75) is 25.3 Å². The van der Waals surface area contributed by atoms with Crippen molar-refractivity contribution in [3.8, 4) is 0 Å². The van der Waals surface area contributed by atoms with Crippen LogP contribution in [0.4, 0.5) is 5.13 Å². The predicted octanol–water partition coefficient (Wildman–Crippen LogP) is 2.18. The molecule has 1 aliphatic heterocycles. The van der Waals surface area contributed by atoms with Gasteiger partial charge in [-0.25, -0.2) is 0 Å². The van der Waals surface area contributed by atoms with Gasteiger partial charge in [0.25, 0.3) is 0 Å². The molecular formula is C8H13N3OS2. The van der Waals surface area contributed by atoms with Crippen molar-refractivity contribution in [3.05, 3.63) is 3.95 Å². The number of H-pyrrole nitrogens is 1. The van der Waals surface area contributed by atoms with Crippen LogP contribution < -0.4 is 5.32 Å². The van der Waals surface area contributed by atoms with Gasteiger partial charge in [0, 0.05) is 6.61 Å². The lowest BCUT2D eigenvalue weighted by atomic mass is 9.95. The van der Waals surface area contributed by atoms with Crippen LogP contribution in [0.5, 0.6) is 0 Å². The lowest BCUT2D eigenvalue weighted by Crippen LogP contribution is -2.42. The Hall–Kier alpha value is -0.460. The van der Waals surface area contributed by atoms with Gasteiger partial charge in [-0.2, -0.15) is 0 Å². The summed E-state index contributed by atoms with van der Waals surface area (Å²) in [5, 5.41) is 11.0. The van der Waals surface area contributed by atoms with Crippen LogP contribution >= 0.6 is 23.6 Å². The molecule has 1 aliphatic rings. The Morgan fingerprint density at radius 1 is 1.71 bits per heavy atom. The summed E-state index contributed by atoms with van der Waals surface area (Å²) < 4.78 is 6.14. The van der Waals surface area contributed by atoms with Crippen LogP contribution in [0, 0.1) is 3.95 Å². The van der Waals surface area contributed by atoms with Crippen molar-refractivity contribution in [2.75, 3.05) is 18.5 Å². The topological polar surface area (TPSA) is 49.9 Å². The first-order chi connectivity index (χ1) is 6.68. The summed E-state index contributed by atoms with van der Waals surface area (Å²) in [7, 11) is 0. The molecule has 1 fully saturated rings. The van der Waals surface area contributed by atoms with E-state index in [1.54, 1.807) is 0 Å². The third-order valence-electron chi connectivity index (χ3n) is 2.28. The van der Waals surface area contributed by atoms with Crippen molar-refractivity contribution in [2.24, 2.45) is 0 Å². The highest BCUT2D eigenvalue weighted by atomic mass is 32.1. The first-order valence-electron chi connectivity index (χ1n) is 4.59. The molecule has 0 aromatic carbocycles. The number of nitrogens with one attached hydrogen (secondary N) is 2. The van der Waals surface area contributed by atoms with E-state index in [4.69, 9.17) is 17.0 Å². The van der Waals surface area contributed by atoms with Gasteiger partial charge in [-0.3, -0.25) is 5.10 Å². The standard InChI is InChI=1S/C8H13N3OS2/c1-8(3-2-4-12-5-8)9-6-10-11-7(13)14-6/h2-5H2,1H3,(H,9,10)(H,11,13). The van der Waals surface area contributed by atoms with Gasteiger partial charge in [0.15, 0.2) is 3.95 Å². The number of aromatic amines is 1. The number of rotatable bonds is 2. The molecule has 4 nitrogen and oxygen atoms in total. The minimum atomic E-state index is 0.00567. The van der Waals surface area contributed by atoms with Crippen LogP contribution in [-0.2, 0) is 4.74 Å². The molecule has 0 bridgehead atoms. The van der Waals surface area contributed by atoms with Crippen LogP contribution in [0.2, 0.25) is 0 Å². The fourth-order valence-corrected chi connectivity index (χ4v) is 2.51. The maximum Gasteiger partial charge on any atom is 0.204 e. The Morgan fingerprint density at radius 3 is 3.14 bits per heavy atom. The molecule has 14 heavy (non-hydrogen) atoms. The van der Waals surface area contributed by atoms with Gasteiger partial charge < -0.3 is 10.1 Å². The van der Waals surface area contributed by atoms with Gasteiger partial charge in [-0.15, -0.1) is 5.10 Å². The van der Waals surface area contributed by atoms with E-state index in [1.807, 2.05) is 0 Å². The van der Waals surface area contributed by atoms with E-state index in [-0.39, 0.29) is 5.54 Å². The average Bonchev–Trinajstić information content (AvgIpc) is 2.51. The van der Waals surface area contributed by atoms with Crippen LogP contribution in [0.25, 0.3) is 0 Å². The summed E-state index contributed by atoms with van der Waals surface area (Å²) >= 11 is 6.43. The van der Waals surface area contributed by atoms with Gasteiger partial charge in [0.05, 0.1) is 12.1 Å². The van der Waals surface area contributed by atoms with E-state index < -0.39 is 0 Å². The Kier molecular flexibility index (Phi) is 2.85. The zero-order chi connectivity index (χ0) is 10.0. The van der Waals surface area contributed by atoms with E-state index in [0.717, 1.165) is 31.2 Å². The molecular weight excluding hydrogens is 218 g/mol. The zero-order valence-corrected chi connectivity index (χ0v) is 9.63. The fraction of sp³-hybridized carbons (Fsp3) is 0.750. The van der Waals surface area contributed by atoms with Crippen LogP contribution in [-0.4, -0.2) is 29.0 Å². The van der Waals surface area contributed by atoms with Crippen molar-refractivity contribution in [1.82, 2.24) is 10.2 Å². The molecule has 2 heterocycles. The van der Waals surface area contributed by atoms with Gasteiger partial charge in [0.1, 0.15) is 0 Å². The van der Waals surface area contributed by atoms with Crippen molar-refractivity contribution >= 4 is 28.7 Å². The zero-order valence-electron chi connectivity index (χ0n) is 8.00. The van der Waals surface area contributed by atoms with Crippen LogP contribution in [0.15, 0.2) is 0 Å². The first kappa shape index (κ1) is 10.1. The second-order valence-corrected chi connectivity index (χ2v) is 5.43. The monoisotopic (exact) mass is 231 g/mol. The van der Waals surface area contributed by atoms with Gasteiger partial charge in [0.2, 0.25) is 5.13 Å². The second-order valence-electron chi connectivity index (χ2n) is 3.76. The molecule has 6 heteroatoms. The van der Waals surface area contributed by atoms with Crippen molar-refractivity contribution < 1.29 is 4.74 Å². The quantitative estimate of drug-likeness (QED) is 0.766. The van der Waals surface area contributed by atoms with Crippen molar-refractivity contribution in [1.29, 1.82) is 0 Å². The highest BCUT2D eigenvalue weighted by molar-refractivity contribution is 7.73. The molecule has 0 aliphatic carbocycles. The summed E-state index contributed by atoms with van der Waals surface area (Å²) in [6, 6.07) is 0. The molecule has 1 aromatic heterocycles. The summed E-state index contributed by atoms with van der Waals surface area (Å²) in [6.07, 6.45) is 2.21. The van der Waals surface area contributed by atoms with Crippen LogP contribution in [0.1, 0.15) is 19.8 Å². The molecule has 0 spiro atoms. The summed E-state index contributed by atoms with van der Waals surface area (Å²) in [6.45, 7) is 3.75. The SMILES string of the molecule is CC1(Nc2n[nH]c(=S)s2)CCCOC1. The lowest BCUT2D eigenvalue weighted by molar-refractivity contribution is 0.0540. The molecule has 0 saturated carbocycles. The third kappa shape index (κ3) is 2.31. The van der Waals surface area contributed by atoms with E-state index in [9.17, 15) is 0 Å². The third-order valence-corrected chi connectivity index (χ3v) is 3.29. The Labute approximate surface area is 91.7 Å². The Balaban J connectivity index is 2.05. The lowest BCUT2D eigenvalue weighted by Gasteiger charge is -2.33. The van der Waals surface area contributed by atoms with E-state index in [2.05, 4.69) is 22.4 Å². The molecule has 1 aromatic rings. The molecule has 2 N–H and O–H groups in total. The average molecular weight is 231 g/mol. The van der Waals surface area contributed by atoms with E-state index in [1.165, 1.54) is 11.3 Å². The molecule has 1 saturated heterocycles. The van der Waals surface area contributed by atoms with E-state index in [0.29, 0.717) is 3.95 Å². The minimum Gasteiger partial charge on any atom is -0.379 e. The Bertz CT molecular complexity index is 353. The number of hydrogen-bond donors (Lipinski definition) is 2. The first-order valence-corrected chi connectivity index (χ1v) is 5.82. The molecule has 0 radical (unpaired) electrons. The van der Waals surface area contributed by atoms with Gasteiger partial charge in [-0.05, 0) is 32.0 Å². The predicted molar refractivity (Wildman–Crippen MR) is 59.4 cm³/mol. The summed E-state index contributed by atoms with van der Waals surface area (Å²) in [4.78, 5) is 0. The highest BCUT2D eigenvalue weighted by Crippen LogP contribution is 2.24. The molecule has 2 rings (SSSR count). The number of anilines is 1. The number of nitrogens with zero attached hydrogens (tertiary/aromatic N) is 1. The minimum absolute atomic E-state index is 0.00567. The molecule has 0 amide bonds. The Morgan fingerprint density at radius 2 is 2.57 bits per heavy atom. The van der Waals surface area contributed by atoms with Crippen LogP contribution in [0.3, 0.4) is 0 Å². The largest absolute Gasteiger partial charge is 0.379 e. The van der Waals surface area contributed by atoms with Gasteiger partial charge >= 0.3 is 0 Å². The highest BCUT2D eigenvalue weighted by Gasteiger charge is 2.28.